The zero-order valence-electron chi connectivity index (χ0n) is 8.97. The van der Waals surface area contributed by atoms with Crippen LogP contribution in [0.3, 0.4) is 0 Å². The topological polar surface area (TPSA) is 61.5 Å². The number of benzene rings is 1. The van der Waals surface area contributed by atoms with Crippen molar-refractivity contribution in [2.75, 3.05) is 12.3 Å². The molecule has 0 aliphatic heterocycles. The van der Waals surface area contributed by atoms with E-state index in [9.17, 15) is 4.79 Å². The minimum Gasteiger partial charge on any atom is -0.479 e. The van der Waals surface area contributed by atoms with Crippen molar-refractivity contribution >= 4 is 11.7 Å². The van der Waals surface area contributed by atoms with Gasteiger partial charge in [-0.2, -0.15) is 0 Å². The lowest BCUT2D eigenvalue weighted by Gasteiger charge is -2.13. The van der Waals surface area contributed by atoms with Crippen LogP contribution in [0.15, 0.2) is 24.3 Å². The monoisotopic (exact) mass is 219 g/mol. The molecule has 16 heavy (non-hydrogen) atoms. The SMILES string of the molecule is C#CCOC(=O)C(C)Oc1cccc(N)c1. The molecule has 0 aromatic heterocycles. The van der Waals surface area contributed by atoms with E-state index in [1.54, 1.807) is 31.2 Å². The molecule has 1 atom stereocenters. The van der Waals surface area contributed by atoms with Crippen LogP contribution in [-0.2, 0) is 9.53 Å². The van der Waals surface area contributed by atoms with Gasteiger partial charge in [-0.1, -0.05) is 12.0 Å². The Hall–Kier alpha value is -2.15. The van der Waals surface area contributed by atoms with E-state index in [2.05, 4.69) is 5.92 Å². The Bertz CT molecular complexity index is 409. The van der Waals surface area contributed by atoms with Crippen LogP contribution in [0.1, 0.15) is 6.92 Å². The molecule has 0 radical (unpaired) electrons. The maximum Gasteiger partial charge on any atom is 0.347 e. The summed E-state index contributed by atoms with van der Waals surface area (Å²) in [5, 5.41) is 0. The van der Waals surface area contributed by atoms with Crippen LogP contribution in [0, 0.1) is 12.3 Å². The number of hydrogen-bond acceptors (Lipinski definition) is 4. The predicted octanol–water partition coefficient (Wildman–Crippen LogP) is 1.21. The summed E-state index contributed by atoms with van der Waals surface area (Å²) in [7, 11) is 0. The van der Waals surface area contributed by atoms with E-state index in [0.717, 1.165) is 0 Å². The molecular weight excluding hydrogens is 206 g/mol. The summed E-state index contributed by atoms with van der Waals surface area (Å²) >= 11 is 0. The first-order valence-corrected chi connectivity index (χ1v) is 4.76. The fourth-order valence-electron chi connectivity index (χ4n) is 1.07. The Labute approximate surface area is 94.3 Å². The zero-order valence-corrected chi connectivity index (χ0v) is 8.97. The summed E-state index contributed by atoms with van der Waals surface area (Å²) in [6, 6.07) is 6.81. The summed E-state index contributed by atoms with van der Waals surface area (Å²) < 4.78 is 10.1. The number of terminal acetylenes is 1. The van der Waals surface area contributed by atoms with Crippen LogP contribution in [0.25, 0.3) is 0 Å². The van der Waals surface area contributed by atoms with E-state index in [1.165, 1.54) is 0 Å². The highest BCUT2D eigenvalue weighted by molar-refractivity contribution is 5.74. The lowest BCUT2D eigenvalue weighted by molar-refractivity contribution is -0.149. The third-order valence-corrected chi connectivity index (χ3v) is 1.80. The Kier molecular flexibility index (Phi) is 4.22. The fourth-order valence-corrected chi connectivity index (χ4v) is 1.07. The first-order chi connectivity index (χ1) is 7.63. The number of anilines is 1. The van der Waals surface area contributed by atoms with Gasteiger partial charge in [-0.05, 0) is 19.1 Å². The van der Waals surface area contributed by atoms with Crippen LogP contribution < -0.4 is 10.5 Å². The number of ether oxygens (including phenoxy) is 2. The third-order valence-electron chi connectivity index (χ3n) is 1.80. The van der Waals surface area contributed by atoms with Crippen LogP contribution >= 0.6 is 0 Å². The minimum atomic E-state index is -0.713. The van der Waals surface area contributed by atoms with Crippen molar-refractivity contribution in [2.45, 2.75) is 13.0 Å². The second-order valence-electron chi connectivity index (χ2n) is 3.14. The van der Waals surface area contributed by atoms with E-state index in [-0.39, 0.29) is 6.61 Å². The number of carbonyl (C=O) groups excluding carboxylic acids is 1. The van der Waals surface area contributed by atoms with Crippen molar-refractivity contribution in [1.82, 2.24) is 0 Å². The third kappa shape index (κ3) is 3.54. The largest absolute Gasteiger partial charge is 0.479 e. The zero-order chi connectivity index (χ0) is 12.0. The molecule has 2 N–H and O–H groups in total. The molecular formula is C12H13NO3. The minimum absolute atomic E-state index is 0.0521. The molecule has 0 saturated heterocycles. The van der Waals surface area contributed by atoms with Crippen molar-refractivity contribution < 1.29 is 14.3 Å². The Morgan fingerprint density at radius 2 is 2.38 bits per heavy atom. The smallest absolute Gasteiger partial charge is 0.347 e. The molecule has 4 nitrogen and oxygen atoms in total. The molecule has 0 saturated carbocycles. The molecule has 0 bridgehead atoms. The molecule has 0 spiro atoms. The van der Waals surface area contributed by atoms with Gasteiger partial charge >= 0.3 is 5.97 Å². The Morgan fingerprint density at radius 1 is 1.62 bits per heavy atom. The second-order valence-corrected chi connectivity index (χ2v) is 3.14. The maximum absolute atomic E-state index is 11.3. The summed E-state index contributed by atoms with van der Waals surface area (Å²) in [6.07, 6.45) is 4.25. The van der Waals surface area contributed by atoms with Crippen molar-refractivity contribution in [3.63, 3.8) is 0 Å². The van der Waals surface area contributed by atoms with E-state index in [0.29, 0.717) is 11.4 Å². The average molecular weight is 219 g/mol. The highest BCUT2D eigenvalue weighted by Crippen LogP contribution is 2.16. The standard InChI is InChI=1S/C12H13NO3/c1-3-7-15-12(14)9(2)16-11-6-4-5-10(13)8-11/h1,4-6,8-9H,7,13H2,2H3. The predicted molar refractivity (Wildman–Crippen MR) is 60.7 cm³/mol. The number of esters is 1. The molecule has 1 rings (SSSR count). The fraction of sp³-hybridized carbons (Fsp3) is 0.250. The highest BCUT2D eigenvalue weighted by atomic mass is 16.6. The average Bonchev–Trinajstić information content (AvgIpc) is 2.25. The van der Waals surface area contributed by atoms with Gasteiger partial charge < -0.3 is 15.2 Å². The Morgan fingerprint density at radius 3 is 3.00 bits per heavy atom. The number of nitrogen functional groups attached to an aromatic ring is 1. The van der Waals surface area contributed by atoms with Gasteiger partial charge in [-0.15, -0.1) is 6.42 Å². The maximum atomic E-state index is 11.3. The van der Waals surface area contributed by atoms with Crippen LogP contribution in [-0.4, -0.2) is 18.7 Å². The summed E-state index contributed by atoms with van der Waals surface area (Å²) in [4.78, 5) is 11.3. The molecule has 0 amide bonds. The van der Waals surface area contributed by atoms with Crippen molar-refractivity contribution in [3.05, 3.63) is 24.3 Å². The van der Waals surface area contributed by atoms with Gasteiger partial charge in [-0.3, -0.25) is 0 Å². The van der Waals surface area contributed by atoms with Gasteiger partial charge in [0.1, 0.15) is 5.75 Å². The van der Waals surface area contributed by atoms with Gasteiger partial charge in [0, 0.05) is 11.8 Å². The number of carbonyl (C=O) groups is 1. The van der Waals surface area contributed by atoms with Crippen LogP contribution in [0.2, 0.25) is 0 Å². The molecule has 0 fully saturated rings. The normalized spacial score (nSPS) is 11.2. The van der Waals surface area contributed by atoms with Crippen molar-refractivity contribution in [3.8, 4) is 18.1 Å². The van der Waals surface area contributed by atoms with Gasteiger partial charge in [0.25, 0.3) is 0 Å². The van der Waals surface area contributed by atoms with Gasteiger partial charge in [0.15, 0.2) is 12.7 Å². The van der Waals surface area contributed by atoms with Crippen molar-refractivity contribution in [2.24, 2.45) is 0 Å². The molecule has 4 heteroatoms. The first kappa shape index (κ1) is 11.9. The number of rotatable bonds is 4. The Balaban J connectivity index is 2.54. The lowest BCUT2D eigenvalue weighted by Crippen LogP contribution is -2.26. The summed E-state index contributed by atoms with van der Waals surface area (Å²) in [5.74, 6) is 2.23. The lowest BCUT2D eigenvalue weighted by atomic mass is 10.3. The second kappa shape index (κ2) is 5.66. The molecule has 1 aromatic carbocycles. The summed E-state index contributed by atoms with van der Waals surface area (Å²) in [5.41, 5.74) is 6.14. The number of hydrogen-bond donors (Lipinski definition) is 1. The molecule has 0 aliphatic rings. The molecule has 0 heterocycles. The molecule has 1 unspecified atom stereocenters. The van der Waals surface area contributed by atoms with E-state index >= 15 is 0 Å². The van der Waals surface area contributed by atoms with Gasteiger partial charge in [-0.25, -0.2) is 4.79 Å². The first-order valence-electron chi connectivity index (χ1n) is 4.76. The van der Waals surface area contributed by atoms with Gasteiger partial charge in [0.2, 0.25) is 0 Å². The van der Waals surface area contributed by atoms with E-state index < -0.39 is 12.1 Å². The van der Waals surface area contributed by atoms with Crippen LogP contribution in [0.4, 0.5) is 5.69 Å². The molecule has 1 aromatic rings. The molecule has 84 valence electrons. The van der Waals surface area contributed by atoms with Crippen LogP contribution in [0.5, 0.6) is 5.75 Å². The van der Waals surface area contributed by atoms with Gasteiger partial charge in [0.05, 0.1) is 0 Å². The highest BCUT2D eigenvalue weighted by Gasteiger charge is 2.15. The quantitative estimate of drug-likeness (QED) is 0.469. The van der Waals surface area contributed by atoms with Crippen molar-refractivity contribution in [1.29, 1.82) is 0 Å². The number of nitrogens with two attached hydrogens (primary N) is 1. The molecule has 0 aliphatic carbocycles. The summed E-state index contributed by atoms with van der Waals surface area (Å²) in [6.45, 7) is 1.53. The van der Waals surface area contributed by atoms with E-state index in [1.807, 2.05) is 0 Å². The van der Waals surface area contributed by atoms with E-state index in [4.69, 9.17) is 21.6 Å².